The molecule has 1 aliphatic rings. The van der Waals surface area contributed by atoms with Crippen molar-refractivity contribution in [1.82, 2.24) is 14.8 Å². The number of aryl methyl sites for hydroxylation is 1. The maximum atomic E-state index is 5.40. The van der Waals surface area contributed by atoms with Crippen LogP contribution in [0.25, 0.3) is 11.4 Å². The summed E-state index contributed by atoms with van der Waals surface area (Å²) in [4.78, 5) is 0. The van der Waals surface area contributed by atoms with Crippen molar-refractivity contribution in [3.8, 4) is 11.4 Å². The van der Waals surface area contributed by atoms with Crippen LogP contribution in [0.4, 0.5) is 5.69 Å². The van der Waals surface area contributed by atoms with Gasteiger partial charge >= 0.3 is 0 Å². The van der Waals surface area contributed by atoms with Crippen LogP contribution in [-0.4, -0.2) is 34.5 Å². The van der Waals surface area contributed by atoms with Gasteiger partial charge in [-0.05, 0) is 18.6 Å². The van der Waals surface area contributed by atoms with Gasteiger partial charge in [-0.1, -0.05) is 12.1 Å². The lowest BCUT2D eigenvalue weighted by molar-refractivity contribution is 0.187. The Morgan fingerprint density at radius 2 is 2.32 bits per heavy atom. The van der Waals surface area contributed by atoms with E-state index in [9.17, 15) is 0 Å². The lowest BCUT2D eigenvalue weighted by Gasteiger charge is -2.14. The van der Waals surface area contributed by atoms with Gasteiger partial charge in [-0.25, -0.2) is 0 Å². The molecule has 1 N–H and O–H groups in total. The van der Waals surface area contributed by atoms with Crippen molar-refractivity contribution >= 4 is 5.69 Å². The molecule has 0 bridgehead atoms. The highest BCUT2D eigenvalue weighted by Gasteiger charge is 2.16. The van der Waals surface area contributed by atoms with E-state index in [0.29, 0.717) is 5.92 Å². The first-order chi connectivity index (χ1) is 9.34. The van der Waals surface area contributed by atoms with Gasteiger partial charge in [0.25, 0.3) is 0 Å². The van der Waals surface area contributed by atoms with E-state index in [2.05, 4.69) is 27.6 Å². The smallest absolute Gasteiger partial charge is 0.165 e. The summed E-state index contributed by atoms with van der Waals surface area (Å²) in [5, 5.41) is 11.6. The predicted molar refractivity (Wildman–Crippen MR) is 73.9 cm³/mol. The fourth-order valence-electron chi connectivity index (χ4n) is 2.36. The molecule has 3 rings (SSSR count). The van der Waals surface area contributed by atoms with Crippen LogP contribution in [0.1, 0.15) is 6.42 Å². The molecule has 1 fully saturated rings. The molecule has 2 aromatic rings. The number of anilines is 1. The third-order valence-corrected chi connectivity index (χ3v) is 3.48. The molecule has 1 aromatic carbocycles. The number of aromatic nitrogens is 3. The summed E-state index contributed by atoms with van der Waals surface area (Å²) in [6.07, 6.45) is 2.86. The summed E-state index contributed by atoms with van der Waals surface area (Å²) in [6.45, 7) is 2.69. The van der Waals surface area contributed by atoms with Gasteiger partial charge in [-0.3, -0.25) is 0 Å². The van der Waals surface area contributed by atoms with Gasteiger partial charge in [-0.15, -0.1) is 10.2 Å². The molecule has 1 aromatic heterocycles. The molecule has 0 radical (unpaired) electrons. The average Bonchev–Trinajstić information content (AvgIpc) is 3.08. The van der Waals surface area contributed by atoms with Crippen molar-refractivity contribution in [3.05, 3.63) is 30.6 Å². The highest BCUT2D eigenvalue weighted by Crippen LogP contribution is 2.26. The van der Waals surface area contributed by atoms with Crippen molar-refractivity contribution in [3.63, 3.8) is 0 Å². The van der Waals surface area contributed by atoms with Crippen molar-refractivity contribution in [2.75, 3.05) is 25.1 Å². The monoisotopic (exact) mass is 258 g/mol. The fraction of sp³-hybridized carbons (Fsp3) is 0.429. The van der Waals surface area contributed by atoms with E-state index >= 15 is 0 Å². The first-order valence-corrected chi connectivity index (χ1v) is 6.59. The van der Waals surface area contributed by atoms with Crippen LogP contribution >= 0.6 is 0 Å². The zero-order valence-electron chi connectivity index (χ0n) is 11.0. The van der Waals surface area contributed by atoms with E-state index < -0.39 is 0 Å². The van der Waals surface area contributed by atoms with Crippen LogP contribution in [0.2, 0.25) is 0 Å². The second-order valence-corrected chi connectivity index (χ2v) is 4.92. The van der Waals surface area contributed by atoms with E-state index in [1.807, 2.05) is 23.7 Å². The Balaban J connectivity index is 1.79. The van der Waals surface area contributed by atoms with Crippen LogP contribution in [0.3, 0.4) is 0 Å². The number of hydrogen-bond donors (Lipinski definition) is 1. The van der Waals surface area contributed by atoms with Crippen molar-refractivity contribution in [2.45, 2.75) is 6.42 Å². The maximum absolute atomic E-state index is 5.40. The Morgan fingerprint density at radius 3 is 3.05 bits per heavy atom. The Morgan fingerprint density at radius 1 is 1.42 bits per heavy atom. The SMILES string of the molecule is Cn1cnnc1-c1ccccc1NCC1CCOC1. The van der Waals surface area contributed by atoms with Gasteiger partial charge in [0.2, 0.25) is 0 Å². The molecule has 1 saturated heterocycles. The van der Waals surface area contributed by atoms with Gasteiger partial charge in [-0.2, -0.15) is 0 Å². The fourth-order valence-corrected chi connectivity index (χ4v) is 2.36. The predicted octanol–water partition coefficient (Wildman–Crippen LogP) is 1.93. The largest absolute Gasteiger partial charge is 0.384 e. The van der Waals surface area contributed by atoms with Gasteiger partial charge in [0, 0.05) is 37.4 Å². The standard InChI is InChI=1S/C14H18N4O/c1-18-10-16-17-14(18)12-4-2-3-5-13(12)15-8-11-6-7-19-9-11/h2-5,10-11,15H,6-9H2,1H3. The average molecular weight is 258 g/mol. The molecule has 0 aliphatic carbocycles. The number of nitrogens with one attached hydrogen (secondary N) is 1. The molecular weight excluding hydrogens is 240 g/mol. The number of benzene rings is 1. The van der Waals surface area contributed by atoms with Gasteiger partial charge in [0.05, 0.1) is 6.61 Å². The van der Waals surface area contributed by atoms with Gasteiger partial charge in [0.15, 0.2) is 5.82 Å². The van der Waals surface area contributed by atoms with E-state index in [1.165, 1.54) is 0 Å². The summed E-state index contributed by atoms with van der Waals surface area (Å²) in [6, 6.07) is 8.21. The summed E-state index contributed by atoms with van der Waals surface area (Å²) in [7, 11) is 1.96. The molecule has 100 valence electrons. The first-order valence-electron chi connectivity index (χ1n) is 6.59. The number of hydrogen-bond acceptors (Lipinski definition) is 4. The molecular formula is C14H18N4O. The highest BCUT2D eigenvalue weighted by atomic mass is 16.5. The topological polar surface area (TPSA) is 52.0 Å². The zero-order valence-corrected chi connectivity index (χ0v) is 11.0. The molecule has 2 heterocycles. The third-order valence-electron chi connectivity index (χ3n) is 3.48. The minimum atomic E-state index is 0.604. The van der Waals surface area contributed by atoms with E-state index in [4.69, 9.17) is 4.74 Å². The van der Waals surface area contributed by atoms with Crippen molar-refractivity contribution in [1.29, 1.82) is 0 Å². The highest BCUT2D eigenvalue weighted by molar-refractivity contribution is 5.73. The number of ether oxygens (including phenoxy) is 1. The Labute approximate surface area is 112 Å². The molecule has 1 aliphatic heterocycles. The molecule has 1 unspecified atom stereocenters. The quantitative estimate of drug-likeness (QED) is 0.910. The van der Waals surface area contributed by atoms with Crippen LogP contribution in [0.5, 0.6) is 0 Å². The lowest BCUT2D eigenvalue weighted by Crippen LogP contribution is -2.14. The second-order valence-electron chi connectivity index (χ2n) is 4.92. The summed E-state index contributed by atoms with van der Waals surface area (Å²) in [5.74, 6) is 1.48. The Hall–Kier alpha value is -1.88. The second kappa shape index (κ2) is 5.40. The van der Waals surface area contributed by atoms with E-state index in [1.54, 1.807) is 6.33 Å². The normalized spacial score (nSPS) is 18.7. The molecule has 5 heteroatoms. The lowest BCUT2D eigenvalue weighted by atomic mass is 10.1. The molecule has 0 saturated carbocycles. The van der Waals surface area contributed by atoms with Crippen LogP contribution < -0.4 is 5.32 Å². The number of para-hydroxylation sites is 1. The summed E-state index contributed by atoms with van der Waals surface area (Å²) < 4.78 is 7.33. The molecule has 0 amide bonds. The minimum Gasteiger partial charge on any atom is -0.384 e. The molecule has 19 heavy (non-hydrogen) atoms. The van der Waals surface area contributed by atoms with E-state index in [0.717, 1.165) is 43.3 Å². The first kappa shape index (κ1) is 12.2. The molecule has 0 spiro atoms. The maximum Gasteiger partial charge on any atom is 0.165 e. The zero-order chi connectivity index (χ0) is 13.1. The number of rotatable bonds is 4. The van der Waals surface area contributed by atoms with Gasteiger partial charge in [0.1, 0.15) is 6.33 Å². The summed E-state index contributed by atoms with van der Waals surface area (Å²) in [5.41, 5.74) is 2.19. The van der Waals surface area contributed by atoms with Crippen molar-refractivity contribution in [2.24, 2.45) is 13.0 Å². The van der Waals surface area contributed by atoms with Crippen LogP contribution in [-0.2, 0) is 11.8 Å². The van der Waals surface area contributed by atoms with Gasteiger partial charge < -0.3 is 14.6 Å². The molecule has 1 atom stereocenters. The van der Waals surface area contributed by atoms with E-state index in [-0.39, 0.29) is 0 Å². The minimum absolute atomic E-state index is 0.604. The Kier molecular flexibility index (Phi) is 3.46. The van der Waals surface area contributed by atoms with Crippen LogP contribution in [0, 0.1) is 5.92 Å². The Bertz CT molecular complexity index is 546. The number of nitrogens with zero attached hydrogens (tertiary/aromatic N) is 3. The third kappa shape index (κ3) is 2.61. The van der Waals surface area contributed by atoms with Crippen LogP contribution in [0.15, 0.2) is 30.6 Å². The summed E-state index contributed by atoms with van der Waals surface area (Å²) >= 11 is 0. The molecule has 5 nitrogen and oxygen atoms in total. The van der Waals surface area contributed by atoms with Crippen molar-refractivity contribution < 1.29 is 4.74 Å².